The highest BCUT2D eigenvalue weighted by molar-refractivity contribution is 9.10. The van der Waals surface area contributed by atoms with E-state index in [1.165, 1.54) is 0 Å². The summed E-state index contributed by atoms with van der Waals surface area (Å²) in [4.78, 5) is 11.5. The Balaban J connectivity index is 2.90. The van der Waals surface area contributed by atoms with Crippen LogP contribution >= 0.6 is 15.9 Å². The second kappa shape index (κ2) is 6.97. The lowest BCUT2D eigenvalue weighted by molar-refractivity contribution is -0.138. The zero-order valence-corrected chi connectivity index (χ0v) is 12.0. The van der Waals surface area contributed by atoms with Crippen molar-refractivity contribution in [3.05, 3.63) is 45.4 Å². The van der Waals surface area contributed by atoms with Crippen LogP contribution in [-0.4, -0.2) is 12.6 Å². The van der Waals surface area contributed by atoms with Crippen molar-refractivity contribution in [1.82, 2.24) is 0 Å². The van der Waals surface area contributed by atoms with Crippen LogP contribution in [0.4, 0.5) is 0 Å². The normalized spacial score (nSPS) is 11.4. The van der Waals surface area contributed by atoms with Gasteiger partial charge in [-0.1, -0.05) is 28.1 Å². The third kappa shape index (κ3) is 4.01. The molecule has 0 N–H and O–H groups in total. The van der Waals surface area contributed by atoms with Crippen molar-refractivity contribution in [2.45, 2.75) is 20.3 Å². The van der Waals surface area contributed by atoms with E-state index >= 15 is 0 Å². The minimum Gasteiger partial charge on any atom is -0.462 e. The molecule has 0 fully saturated rings. The van der Waals surface area contributed by atoms with E-state index in [0.717, 1.165) is 15.6 Å². The lowest BCUT2D eigenvalue weighted by atomic mass is 10.0. The number of nitrogens with zero attached hydrogens (tertiary/aromatic N) is 1. The van der Waals surface area contributed by atoms with Gasteiger partial charge in [0.25, 0.3) is 0 Å². The summed E-state index contributed by atoms with van der Waals surface area (Å²) >= 11 is 3.36. The summed E-state index contributed by atoms with van der Waals surface area (Å²) < 4.78 is 5.84. The summed E-state index contributed by atoms with van der Waals surface area (Å²) in [5.41, 5.74) is 1.87. The Hall–Kier alpha value is -1.60. The third-order valence-electron chi connectivity index (χ3n) is 2.40. The van der Waals surface area contributed by atoms with E-state index < -0.39 is 5.97 Å². The monoisotopic (exact) mass is 307 g/mol. The third-order valence-corrected chi connectivity index (χ3v) is 2.93. The first-order chi connectivity index (χ1) is 8.58. The van der Waals surface area contributed by atoms with Crippen LogP contribution in [0.5, 0.6) is 0 Å². The van der Waals surface area contributed by atoms with Crippen molar-refractivity contribution >= 4 is 21.9 Å². The van der Waals surface area contributed by atoms with Crippen LogP contribution in [0.1, 0.15) is 19.4 Å². The van der Waals surface area contributed by atoms with Gasteiger partial charge in [-0.25, -0.2) is 4.79 Å². The van der Waals surface area contributed by atoms with Crippen molar-refractivity contribution in [2.24, 2.45) is 0 Å². The van der Waals surface area contributed by atoms with Gasteiger partial charge in [0.15, 0.2) is 0 Å². The summed E-state index contributed by atoms with van der Waals surface area (Å²) in [6, 6.07) is 9.68. The van der Waals surface area contributed by atoms with Gasteiger partial charge >= 0.3 is 5.97 Å². The number of carbonyl (C=O) groups is 1. The molecule has 94 valence electrons. The van der Waals surface area contributed by atoms with Crippen LogP contribution in [0.2, 0.25) is 0 Å². The minimum atomic E-state index is -0.547. The zero-order valence-electron chi connectivity index (χ0n) is 10.4. The van der Waals surface area contributed by atoms with Crippen molar-refractivity contribution in [1.29, 1.82) is 5.26 Å². The molecule has 0 aliphatic carbocycles. The lowest BCUT2D eigenvalue weighted by Gasteiger charge is -2.06. The molecule has 1 rings (SSSR count). The van der Waals surface area contributed by atoms with Crippen LogP contribution in [0.25, 0.3) is 0 Å². The van der Waals surface area contributed by atoms with Crippen molar-refractivity contribution in [3.8, 4) is 6.07 Å². The topological polar surface area (TPSA) is 50.1 Å². The molecule has 0 radical (unpaired) electrons. The van der Waals surface area contributed by atoms with E-state index in [-0.39, 0.29) is 12.2 Å². The van der Waals surface area contributed by atoms with Gasteiger partial charge < -0.3 is 4.74 Å². The fraction of sp³-hybridized carbons (Fsp3) is 0.286. The first-order valence-corrected chi connectivity index (χ1v) is 6.39. The second-order valence-corrected chi connectivity index (χ2v) is 4.71. The molecule has 0 aliphatic rings. The summed E-state index contributed by atoms with van der Waals surface area (Å²) in [6.07, 6.45) is 0.564. The SMILES string of the molecule is CCOC(=O)/C(C#N)=C(\C)Cc1ccc(Br)cc1. The maximum atomic E-state index is 11.5. The van der Waals surface area contributed by atoms with Crippen LogP contribution in [0.3, 0.4) is 0 Å². The highest BCUT2D eigenvalue weighted by Gasteiger charge is 2.13. The van der Waals surface area contributed by atoms with Gasteiger partial charge in [0, 0.05) is 4.47 Å². The first-order valence-electron chi connectivity index (χ1n) is 5.60. The number of hydrogen-bond donors (Lipinski definition) is 0. The molecule has 0 spiro atoms. The minimum absolute atomic E-state index is 0.0970. The van der Waals surface area contributed by atoms with Gasteiger partial charge in [-0.2, -0.15) is 5.26 Å². The number of nitriles is 1. The molecular formula is C14H14BrNO2. The number of esters is 1. The van der Waals surface area contributed by atoms with Crippen molar-refractivity contribution < 1.29 is 9.53 Å². The maximum Gasteiger partial charge on any atom is 0.348 e. The van der Waals surface area contributed by atoms with Gasteiger partial charge in [0.05, 0.1) is 6.61 Å². The first kappa shape index (κ1) is 14.5. The zero-order chi connectivity index (χ0) is 13.5. The van der Waals surface area contributed by atoms with E-state index in [1.807, 2.05) is 30.3 Å². The van der Waals surface area contributed by atoms with Crippen LogP contribution in [0.15, 0.2) is 39.9 Å². The fourth-order valence-electron chi connectivity index (χ4n) is 1.52. The molecule has 1 aromatic rings. The Kier molecular flexibility index (Phi) is 5.60. The van der Waals surface area contributed by atoms with Crippen LogP contribution in [-0.2, 0) is 16.0 Å². The molecule has 0 aromatic heterocycles. The quantitative estimate of drug-likeness (QED) is 0.486. The molecule has 0 unspecified atom stereocenters. The van der Waals surface area contributed by atoms with Gasteiger partial charge in [-0.3, -0.25) is 0 Å². The maximum absolute atomic E-state index is 11.5. The van der Waals surface area contributed by atoms with E-state index in [9.17, 15) is 4.79 Å². The molecule has 3 nitrogen and oxygen atoms in total. The van der Waals surface area contributed by atoms with Crippen LogP contribution in [0, 0.1) is 11.3 Å². The highest BCUT2D eigenvalue weighted by atomic mass is 79.9. The Morgan fingerprint density at radius 1 is 1.39 bits per heavy atom. The Labute approximate surface area is 115 Å². The Morgan fingerprint density at radius 2 is 2.00 bits per heavy atom. The van der Waals surface area contributed by atoms with Crippen molar-refractivity contribution in [2.75, 3.05) is 6.61 Å². The average molecular weight is 308 g/mol. The number of halogens is 1. The molecule has 0 atom stereocenters. The fourth-order valence-corrected chi connectivity index (χ4v) is 1.78. The Morgan fingerprint density at radius 3 is 2.50 bits per heavy atom. The number of hydrogen-bond acceptors (Lipinski definition) is 3. The lowest BCUT2D eigenvalue weighted by Crippen LogP contribution is -2.09. The average Bonchev–Trinajstić information content (AvgIpc) is 2.33. The molecule has 4 heteroatoms. The second-order valence-electron chi connectivity index (χ2n) is 3.79. The van der Waals surface area contributed by atoms with Crippen molar-refractivity contribution in [3.63, 3.8) is 0 Å². The van der Waals surface area contributed by atoms with Gasteiger partial charge in [0.2, 0.25) is 0 Å². The number of benzene rings is 1. The molecule has 0 saturated heterocycles. The van der Waals surface area contributed by atoms with Gasteiger partial charge in [0.1, 0.15) is 11.6 Å². The van der Waals surface area contributed by atoms with E-state index in [2.05, 4.69) is 15.9 Å². The number of allylic oxidation sites excluding steroid dienone is 1. The van der Waals surface area contributed by atoms with Crippen LogP contribution < -0.4 is 0 Å². The molecule has 18 heavy (non-hydrogen) atoms. The van der Waals surface area contributed by atoms with E-state index in [4.69, 9.17) is 10.00 Å². The summed E-state index contributed by atoms with van der Waals surface area (Å²) in [7, 11) is 0. The summed E-state index contributed by atoms with van der Waals surface area (Å²) in [5, 5.41) is 9.00. The molecule has 0 saturated carbocycles. The van der Waals surface area contributed by atoms with Gasteiger partial charge in [-0.05, 0) is 43.5 Å². The molecule has 1 aromatic carbocycles. The summed E-state index contributed by atoms with van der Waals surface area (Å²) in [6.45, 7) is 3.77. The largest absolute Gasteiger partial charge is 0.462 e. The highest BCUT2D eigenvalue weighted by Crippen LogP contribution is 2.16. The molecule has 0 aliphatic heterocycles. The standard InChI is InChI=1S/C14H14BrNO2/c1-3-18-14(17)13(9-16)10(2)8-11-4-6-12(15)7-5-11/h4-7H,3,8H2,1-2H3/b13-10+. The molecule has 0 amide bonds. The predicted octanol–water partition coefficient (Wildman–Crippen LogP) is 3.39. The Bertz CT molecular complexity index is 498. The number of rotatable bonds is 4. The molecule has 0 heterocycles. The molecular weight excluding hydrogens is 294 g/mol. The molecule has 0 bridgehead atoms. The van der Waals surface area contributed by atoms with Gasteiger partial charge in [-0.15, -0.1) is 0 Å². The number of ether oxygens (including phenoxy) is 1. The van der Waals surface area contributed by atoms with E-state index in [0.29, 0.717) is 6.42 Å². The number of carbonyl (C=O) groups excluding carboxylic acids is 1. The summed E-state index contributed by atoms with van der Waals surface area (Å²) in [5.74, 6) is -0.547. The van der Waals surface area contributed by atoms with E-state index in [1.54, 1.807) is 13.8 Å². The predicted molar refractivity (Wildman–Crippen MR) is 72.8 cm³/mol. The smallest absolute Gasteiger partial charge is 0.348 e.